The molecular formula is C96H63N5O. The molecular weight excluding hydrogens is 1240 g/mol. The van der Waals surface area contributed by atoms with Crippen LogP contribution in [0.15, 0.2) is 382 Å². The van der Waals surface area contributed by atoms with Gasteiger partial charge in [0.05, 0.1) is 50.2 Å². The molecule has 6 nitrogen and oxygen atoms in total. The number of hydrogen-bond acceptors (Lipinski definition) is 2. The van der Waals surface area contributed by atoms with Gasteiger partial charge in [0.25, 0.3) is 6.33 Å². The molecule has 0 bridgehead atoms. The molecule has 0 fully saturated rings. The Morgan fingerprint density at radius 1 is 0.255 bits per heavy atom. The SMILES string of the molecule is [c-]1n(-c2cccc(Oc3ccc4c5ccccc5n(-c5cc(-n6c7ccccc7c7ccccc7c7ccccc7c7ccccc76)ccn5)c4c3)c2)c2ccccc2[n+]1-c1c(-c2cc(-c3ccccc3)cc(-c3ccccc3)c2)cccc1-c1cc(-c2ccccc2)cc(-c2ccccc2)c1. The van der Waals surface area contributed by atoms with Gasteiger partial charge in [-0.3, -0.25) is 13.7 Å². The van der Waals surface area contributed by atoms with Crippen LogP contribution in [0.1, 0.15) is 0 Å². The molecule has 6 heteroatoms. The molecule has 0 aliphatic heterocycles. The van der Waals surface area contributed by atoms with Crippen LogP contribution in [0.3, 0.4) is 0 Å². The molecule has 4 heterocycles. The van der Waals surface area contributed by atoms with Crippen molar-refractivity contribution in [2.24, 2.45) is 0 Å². The molecule has 0 N–H and O–H groups in total. The summed E-state index contributed by atoms with van der Waals surface area (Å²) in [6, 6.07) is 135. The van der Waals surface area contributed by atoms with Crippen molar-refractivity contribution in [2.45, 2.75) is 0 Å². The van der Waals surface area contributed by atoms with Gasteiger partial charge >= 0.3 is 0 Å². The number of hydrogen-bond donors (Lipinski definition) is 0. The lowest BCUT2D eigenvalue weighted by molar-refractivity contribution is -0.571. The molecule has 0 aliphatic carbocycles. The Morgan fingerprint density at radius 2 is 0.647 bits per heavy atom. The first-order valence-corrected chi connectivity index (χ1v) is 34.6. The second-order valence-electron chi connectivity index (χ2n) is 26.0. The first-order chi connectivity index (χ1) is 50.6. The average molecular weight is 1300 g/mol. The van der Waals surface area contributed by atoms with Gasteiger partial charge < -0.3 is 9.30 Å². The zero-order valence-electron chi connectivity index (χ0n) is 55.5. The Labute approximate surface area is 590 Å². The van der Waals surface area contributed by atoms with Crippen LogP contribution in [0.2, 0.25) is 0 Å². The quantitative estimate of drug-likeness (QED) is 0.0903. The largest absolute Gasteiger partial charge is 0.458 e. The molecule has 0 amide bonds. The summed E-state index contributed by atoms with van der Waals surface area (Å²) in [6.45, 7) is 0. The molecule has 0 saturated carbocycles. The molecule has 0 atom stereocenters. The summed E-state index contributed by atoms with van der Waals surface area (Å²) < 4.78 is 16.2. The van der Waals surface area contributed by atoms with E-state index in [9.17, 15) is 0 Å². The number of rotatable bonds is 12. The molecule has 4 aromatic heterocycles. The number of imidazole rings is 1. The van der Waals surface area contributed by atoms with Gasteiger partial charge in [0.1, 0.15) is 17.3 Å². The van der Waals surface area contributed by atoms with Crippen LogP contribution in [0.4, 0.5) is 0 Å². The first kappa shape index (κ1) is 59.6. The van der Waals surface area contributed by atoms with E-state index in [1.807, 2.05) is 12.3 Å². The summed E-state index contributed by atoms with van der Waals surface area (Å²) in [5.74, 6) is 2.15. The normalized spacial score (nSPS) is 11.5. The van der Waals surface area contributed by atoms with Gasteiger partial charge in [0.2, 0.25) is 0 Å². The molecule has 19 aromatic rings. The van der Waals surface area contributed by atoms with E-state index in [2.05, 4.69) is 395 Å². The van der Waals surface area contributed by atoms with Crippen LogP contribution in [0, 0.1) is 6.33 Å². The number of para-hydroxylation sites is 6. The number of pyridine rings is 1. The van der Waals surface area contributed by atoms with Crippen molar-refractivity contribution >= 4 is 76.2 Å². The smallest absolute Gasteiger partial charge is 0.269 e. The Kier molecular flexibility index (Phi) is 14.8. The van der Waals surface area contributed by atoms with Crippen molar-refractivity contribution < 1.29 is 9.30 Å². The van der Waals surface area contributed by atoms with Gasteiger partial charge in [0.15, 0.2) is 0 Å². The van der Waals surface area contributed by atoms with E-state index in [-0.39, 0.29) is 0 Å². The Bertz CT molecular complexity index is 6160. The summed E-state index contributed by atoms with van der Waals surface area (Å²) in [7, 11) is 0. The average Bonchev–Trinajstić information content (AvgIpc) is 1.71. The van der Waals surface area contributed by atoms with Crippen LogP contribution in [0.25, 0.3) is 166 Å². The van der Waals surface area contributed by atoms with Crippen LogP contribution in [0.5, 0.6) is 11.5 Å². The lowest BCUT2D eigenvalue weighted by Crippen LogP contribution is -2.31. The van der Waals surface area contributed by atoms with E-state index in [0.717, 1.165) is 144 Å². The highest BCUT2D eigenvalue weighted by atomic mass is 16.5. The van der Waals surface area contributed by atoms with E-state index >= 15 is 0 Å². The maximum atomic E-state index is 7.10. The fourth-order valence-corrected chi connectivity index (χ4v) is 15.3. The van der Waals surface area contributed by atoms with E-state index in [1.54, 1.807) is 0 Å². The second kappa shape index (κ2) is 25.3. The Hall–Kier alpha value is -13.7. The number of nitrogens with zero attached hydrogens (tertiary/aromatic N) is 5. The zero-order chi connectivity index (χ0) is 67.5. The third kappa shape index (κ3) is 10.6. The van der Waals surface area contributed by atoms with Crippen LogP contribution < -0.4 is 9.30 Å². The topological polar surface area (TPSA) is 40.8 Å². The van der Waals surface area contributed by atoms with Gasteiger partial charge in [-0.25, -0.2) is 4.98 Å². The first-order valence-electron chi connectivity index (χ1n) is 34.6. The summed E-state index contributed by atoms with van der Waals surface area (Å²) in [6.07, 6.45) is 5.95. The minimum Gasteiger partial charge on any atom is -0.458 e. The van der Waals surface area contributed by atoms with Gasteiger partial charge in [-0.05, 0) is 179 Å². The minimum atomic E-state index is 0.680. The zero-order valence-corrected chi connectivity index (χ0v) is 55.5. The van der Waals surface area contributed by atoms with E-state index in [1.165, 1.54) is 21.5 Å². The minimum absolute atomic E-state index is 0.680. The van der Waals surface area contributed by atoms with Gasteiger partial charge in [-0.1, -0.05) is 273 Å². The van der Waals surface area contributed by atoms with Crippen LogP contribution in [-0.4, -0.2) is 18.7 Å². The highest BCUT2D eigenvalue weighted by Crippen LogP contribution is 2.43. The summed E-state index contributed by atoms with van der Waals surface area (Å²) in [5.41, 5.74) is 22.4. The molecule has 15 aromatic carbocycles. The highest BCUT2D eigenvalue weighted by Gasteiger charge is 2.24. The Morgan fingerprint density at radius 3 is 1.16 bits per heavy atom. The second-order valence-corrected chi connectivity index (χ2v) is 26.0. The fraction of sp³-hybridized carbons (Fsp3) is 0. The highest BCUT2D eigenvalue weighted by molar-refractivity contribution is 6.19. The maximum absolute atomic E-state index is 7.10. The van der Waals surface area contributed by atoms with Crippen LogP contribution >= 0.6 is 0 Å². The maximum Gasteiger partial charge on any atom is 0.269 e. The molecule has 0 saturated heterocycles. The number of ether oxygens (including phenoxy) is 1. The molecule has 0 aliphatic rings. The predicted molar refractivity (Wildman–Crippen MR) is 422 cm³/mol. The monoisotopic (exact) mass is 1300 g/mol. The summed E-state index contributed by atoms with van der Waals surface area (Å²) >= 11 is 0. The molecule has 478 valence electrons. The molecule has 19 rings (SSSR count). The third-order valence-corrected chi connectivity index (χ3v) is 19.9. The molecule has 0 radical (unpaired) electrons. The van der Waals surface area contributed by atoms with Crippen molar-refractivity contribution in [3.05, 3.63) is 389 Å². The van der Waals surface area contributed by atoms with Crippen LogP contribution in [-0.2, 0) is 0 Å². The number of aromatic nitrogens is 5. The van der Waals surface area contributed by atoms with Gasteiger partial charge in [-0.15, -0.1) is 0 Å². The van der Waals surface area contributed by atoms with Gasteiger partial charge in [-0.2, -0.15) is 0 Å². The molecule has 102 heavy (non-hydrogen) atoms. The standard InChI is InChI=1S/C96H63N5O/c1-5-27-65(28-6-1)69-55-70(66-29-7-2-8-30-66)58-73(57-69)79-44-26-45-80(74-59-71(67-31-9-3-10-32-67)56-72(60-74)68-33-11-4-12-34-68)96(79)99-64-98(92-49-23-24-50-93(92)99)75-35-25-36-77(61-75)102-78-51-52-88-87-43-19-22-48-91(87)101(94(88)63-78)95-62-76(53-54-97-95)100-89-46-20-17-41-85(89)83-39-15-13-37-81(83)82-38-14-16-40-84(82)86-42-18-21-47-90(86)100/h1-63H. The number of fused-ring (bicyclic) bond motifs is 11. The van der Waals surface area contributed by atoms with Crippen molar-refractivity contribution in [1.29, 1.82) is 0 Å². The number of benzene rings is 15. The van der Waals surface area contributed by atoms with E-state index in [4.69, 9.17) is 9.72 Å². The van der Waals surface area contributed by atoms with E-state index in [0.29, 0.717) is 11.5 Å². The molecule has 0 spiro atoms. The van der Waals surface area contributed by atoms with Gasteiger partial charge in [0, 0.05) is 39.9 Å². The summed E-state index contributed by atoms with van der Waals surface area (Å²) in [5, 5.41) is 9.22. The summed E-state index contributed by atoms with van der Waals surface area (Å²) in [4.78, 5) is 5.23. The van der Waals surface area contributed by atoms with E-state index < -0.39 is 0 Å². The predicted octanol–water partition coefficient (Wildman–Crippen LogP) is 24.5. The third-order valence-electron chi connectivity index (χ3n) is 19.9. The Balaban J connectivity index is 0.761. The molecule has 0 unspecified atom stereocenters. The van der Waals surface area contributed by atoms with Crippen molar-refractivity contribution in [1.82, 2.24) is 18.7 Å². The van der Waals surface area contributed by atoms with Crippen molar-refractivity contribution in [3.63, 3.8) is 0 Å². The lowest BCUT2D eigenvalue weighted by Gasteiger charge is -2.20. The van der Waals surface area contributed by atoms with Crippen molar-refractivity contribution in [2.75, 3.05) is 0 Å². The lowest BCUT2D eigenvalue weighted by atomic mass is 9.89. The van der Waals surface area contributed by atoms with Crippen molar-refractivity contribution in [3.8, 4) is 101 Å². The fourth-order valence-electron chi connectivity index (χ4n) is 15.3.